The second kappa shape index (κ2) is 8.55. The van der Waals surface area contributed by atoms with Gasteiger partial charge >= 0.3 is 6.18 Å². The molecule has 1 N–H and O–H groups in total. The Bertz CT molecular complexity index is 697. The largest absolute Gasteiger partial charge is 0.494 e. The summed E-state index contributed by atoms with van der Waals surface area (Å²) in [6.45, 7) is 2.43. The minimum absolute atomic E-state index is 0.135. The van der Waals surface area contributed by atoms with Crippen LogP contribution in [-0.4, -0.2) is 12.5 Å². The van der Waals surface area contributed by atoms with Gasteiger partial charge < -0.3 is 10.1 Å². The molecule has 6 heteroatoms. The zero-order valence-corrected chi connectivity index (χ0v) is 13.9. The number of aryl methyl sites for hydroxylation is 1. The van der Waals surface area contributed by atoms with Gasteiger partial charge in [-0.15, -0.1) is 0 Å². The van der Waals surface area contributed by atoms with Gasteiger partial charge in [0.2, 0.25) is 5.91 Å². The molecule has 1 amide bonds. The van der Waals surface area contributed by atoms with Crippen LogP contribution in [-0.2, 0) is 17.4 Å². The second-order valence-electron chi connectivity index (χ2n) is 5.58. The third kappa shape index (κ3) is 6.14. The Balaban J connectivity index is 1.75. The first-order valence-corrected chi connectivity index (χ1v) is 8.07. The Kier molecular flexibility index (Phi) is 6.44. The SMILES string of the molecule is CCc1ccc(OCCCC(=O)Nc2cccc(C(F)(F)F)c2)cc1. The molecule has 3 nitrogen and oxygen atoms in total. The fourth-order valence-corrected chi connectivity index (χ4v) is 2.24. The number of rotatable bonds is 7. The van der Waals surface area contributed by atoms with Crippen molar-refractivity contribution in [3.8, 4) is 5.75 Å². The van der Waals surface area contributed by atoms with E-state index >= 15 is 0 Å². The molecule has 0 unspecified atom stereocenters. The van der Waals surface area contributed by atoms with Crippen LogP contribution in [0.4, 0.5) is 18.9 Å². The molecule has 0 aromatic heterocycles. The quantitative estimate of drug-likeness (QED) is 0.708. The zero-order valence-electron chi connectivity index (χ0n) is 13.9. The van der Waals surface area contributed by atoms with Crippen LogP contribution in [0.3, 0.4) is 0 Å². The van der Waals surface area contributed by atoms with Gasteiger partial charge in [0.05, 0.1) is 12.2 Å². The van der Waals surface area contributed by atoms with Gasteiger partial charge in [0, 0.05) is 12.1 Å². The first kappa shape index (κ1) is 18.8. The molecular weight excluding hydrogens is 331 g/mol. The maximum atomic E-state index is 12.6. The van der Waals surface area contributed by atoms with Crippen molar-refractivity contribution >= 4 is 11.6 Å². The second-order valence-corrected chi connectivity index (χ2v) is 5.58. The number of amides is 1. The van der Waals surface area contributed by atoms with Gasteiger partial charge in [-0.3, -0.25) is 4.79 Å². The van der Waals surface area contributed by atoms with Crippen LogP contribution >= 0.6 is 0 Å². The summed E-state index contributed by atoms with van der Waals surface area (Å²) in [6.07, 6.45) is -2.83. The minimum Gasteiger partial charge on any atom is -0.494 e. The van der Waals surface area contributed by atoms with Gasteiger partial charge in [-0.25, -0.2) is 0 Å². The number of ether oxygens (including phenoxy) is 1. The summed E-state index contributed by atoms with van der Waals surface area (Å²) in [5.41, 5.74) is 0.563. The summed E-state index contributed by atoms with van der Waals surface area (Å²) in [4.78, 5) is 11.8. The number of halogens is 3. The smallest absolute Gasteiger partial charge is 0.416 e. The van der Waals surface area contributed by atoms with Crippen molar-refractivity contribution in [2.75, 3.05) is 11.9 Å². The lowest BCUT2D eigenvalue weighted by atomic mass is 10.2. The van der Waals surface area contributed by atoms with Crippen LogP contribution in [0.25, 0.3) is 0 Å². The standard InChI is InChI=1S/C19H20F3NO2/c1-2-14-8-10-17(11-9-14)25-12-4-7-18(24)23-16-6-3-5-15(13-16)19(20,21)22/h3,5-6,8-11,13H,2,4,7,12H2,1H3,(H,23,24). The number of anilines is 1. The molecule has 134 valence electrons. The van der Waals surface area contributed by atoms with Crippen molar-refractivity contribution < 1.29 is 22.7 Å². The number of alkyl halides is 3. The van der Waals surface area contributed by atoms with E-state index in [4.69, 9.17) is 4.74 Å². The average molecular weight is 351 g/mol. The summed E-state index contributed by atoms with van der Waals surface area (Å²) in [6, 6.07) is 12.3. The molecule has 0 spiro atoms. The average Bonchev–Trinajstić information content (AvgIpc) is 2.59. The van der Waals surface area contributed by atoms with E-state index in [1.807, 2.05) is 24.3 Å². The van der Waals surface area contributed by atoms with Crippen LogP contribution in [0.5, 0.6) is 5.75 Å². The van der Waals surface area contributed by atoms with Crippen molar-refractivity contribution in [3.63, 3.8) is 0 Å². The molecule has 0 saturated carbocycles. The van der Waals surface area contributed by atoms with Crippen LogP contribution in [0.1, 0.15) is 30.9 Å². The highest BCUT2D eigenvalue weighted by molar-refractivity contribution is 5.90. The van der Waals surface area contributed by atoms with E-state index in [-0.39, 0.29) is 18.0 Å². The lowest BCUT2D eigenvalue weighted by Gasteiger charge is -2.10. The first-order valence-electron chi connectivity index (χ1n) is 8.07. The molecule has 0 aliphatic carbocycles. The van der Waals surface area contributed by atoms with E-state index in [9.17, 15) is 18.0 Å². The molecule has 2 rings (SSSR count). The molecule has 0 aliphatic heterocycles. The third-order valence-electron chi connectivity index (χ3n) is 3.62. The summed E-state index contributed by atoms with van der Waals surface area (Å²) in [5, 5.41) is 2.47. The van der Waals surface area contributed by atoms with E-state index in [0.29, 0.717) is 13.0 Å². The van der Waals surface area contributed by atoms with Crippen molar-refractivity contribution in [2.24, 2.45) is 0 Å². The number of carbonyl (C=O) groups excluding carboxylic acids is 1. The van der Waals surface area contributed by atoms with Gasteiger partial charge in [-0.05, 0) is 48.7 Å². The highest BCUT2D eigenvalue weighted by Crippen LogP contribution is 2.30. The molecule has 0 radical (unpaired) electrons. The highest BCUT2D eigenvalue weighted by Gasteiger charge is 2.30. The molecule has 0 bridgehead atoms. The molecule has 0 aliphatic rings. The number of hydrogen-bond donors (Lipinski definition) is 1. The normalized spacial score (nSPS) is 11.2. The molecular formula is C19H20F3NO2. The van der Waals surface area contributed by atoms with Gasteiger partial charge in [-0.2, -0.15) is 13.2 Å². The van der Waals surface area contributed by atoms with E-state index in [1.54, 1.807) is 0 Å². The molecule has 25 heavy (non-hydrogen) atoms. The van der Waals surface area contributed by atoms with Gasteiger partial charge in [0.25, 0.3) is 0 Å². The highest BCUT2D eigenvalue weighted by atomic mass is 19.4. The van der Waals surface area contributed by atoms with E-state index in [2.05, 4.69) is 12.2 Å². The molecule has 0 fully saturated rings. The summed E-state index contributed by atoms with van der Waals surface area (Å²) >= 11 is 0. The Hall–Kier alpha value is -2.50. The van der Waals surface area contributed by atoms with Crippen LogP contribution < -0.4 is 10.1 Å². The summed E-state index contributed by atoms with van der Waals surface area (Å²) in [5.74, 6) is 0.389. The molecule has 0 saturated heterocycles. The predicted octanol–water partition coefficient (Wildman–Crippen LogP) is 5.07. The molecule has 0 heterocycles. The summed E-state index contributed by atoms with van der Waals surface area (Å²) < 4.78 is 43.4. The zero-order chi connectivity index (χ0) is 18.3. The maximum Gasteiger partial charge on any atom is 0.416 e. The molecule has 2 aromatic carbocycles. The Morgan fingerprint density at radius 3 is 2.48 bits per heavy atom. The fraction of sp³-hybridized carbons (Fsp3) is 0.316. The monoisotopic (exact) mass is 351 g/mol. The van der Waals surface area contributed by atoms with Crippen LogP contribution in [0.2, 0.25) is 0 Å². The van der Waals surface area contributed by atoms with E-state index < -0.39 is 11.7 Å². The maximum absolute atomic E-state index is 12.6. The lowest BCUT2D eigenvalue weighted by molar-refractivity contribution is -0.137. The number of benzene rings is 2. The first-order chi connectivity index (χ1) is 11.9. The number of carbonyl (C=O) groups is 1. The van der Waals surface area contributed by atoms with E-state index in [1.165, 1.54) is 17.7 Å². The fourth-order valence-electron chi connectivity index (χ4n) is 2.24. The van der Waals surface area contributed by atoms with Crippen molar-refractivity contribution in [1.82, 2.24) is 0 Å². The van der Waals surface area contributed by atoms with Crippen molar-refractivity contribution in [2.45, 2.75) is 32.4 Å². The van der Waals surface area contributed by atoms with Gasteiger partial charge in [-0.1, -0.05) is 25.1 Å². The van der Waals surface area contributed by atoms with Crippen LogP contribution in [0, 0.1) is 0 Å². The van der Waals surface area contributed by atoms with Crippen LogP contribution in [0.15, 0.2) is 48.5 Å². The Morgan fingerprint density at radius 1 is 1.12 bits per heavy atom. The minimum atomic E-state index is -4.43. The van der Waals surface area contributed by atoms with Crippen molar-refractivity contribution in [3.05, 3.63) is 59.7 Å². The summed E-state index contributed by atoms with van der Waals surface area (Å²) in [7, 11) is 0. The lowest BCUT2D eigenvalue weighted by Crippen LogP contribution is -2.14. The van der Waals surface area contributed by atoms with Gasteiger partial charge in [0.15, 0.2) is 0 Å². The third-order valence-corrected chi connectivity index (χ3v) is 3.62. The van der Waals surface area contributed by atoms with Crippen molar-refractivity contribution in [1.29, 1.82) is 0 Å². The topological polar surface area (TPSA) is 38.3 Å². The van der Waals surface area contributed by atoms with Gasteiger partial charge in [0.1, 0.15) is 5.75 Å². The number of nitrogens with one attached hydrogen (secondary N) is 1. The van der Waals surface area contributed by atoms with E-state index in [0.717, 1.165) is 24.3 Å². The predicted molar refractivity (Wildman–Crippen MR) is 90.6 cm³/mol. The molecule has 2 aromatic rings. The molecule has 0 atom stereocenters. The number of hydrogen-bond acceptors (Lipinski definition) is 2. The Labute approximate surface area is 144 Å². The Morgan fingerprint density at radius 2 is 1.84 bits per heavy atom.